The lowest BCUT2D eigenvalue weighted by Crippen LogP contribution is -2.11. The van der Waals surface area contributed by atoms with Crippen molar-refractivity contribution in [1.29, 1.82) is 0 Å². The first-order valence-corrected chi connectivity index (χ1v) is 5.68. The second-order valence-corrected chi connectivity index (χ2v) is 4.24. The Hall–Kier alpha value is -2.24. The fourth-order valence-electron chi connectivity index (χ4n) is 1.51. The van der Waals surface area contributed by atoms with Crippen molar-refractivity contribution in [3.8, 4) is 11.5 Å². The van der Waals surface area contributed by atoms with Crippen LogP contribution < -0.4 is 9.47 Å². The van der Waals surface area contributed by atoms with Gasteiger partial charge in [-0.05, 0) is 19.1 Å². The highest BCUT2D eigenvalue weighted by Gasteiger charge is 2.24. The van der Waals surface area contributed by atoms with Crippen LogP contribution in [-0.2, 0) is 4.79 Å². The van der Waals surface area contributed by atoms with Gasteiger partial charge < -0.3 is 19.5 Å². The summed E-state index contributed by atoms with van der Waals surface area (Å²) >= 11 is 0. The van der Waals surface area contributed by atoms with Crippen molar-refractivity contribution in [2.24, 2.45) is 0 Å². The van der Waals surface area contributed by atoms with Crippen molar-refractivity contribution in [3.63, 3.8) is 0 Å². The molecule has 1 heterocycles. The fraction of sp³-hybridized carbons (Fsp3) is 0.385. The van der Waals surface area contributed by atoms with Gasteiger partial charge >= 0.3 is 5.97 Å². The third-order valence-corrected chi connectivity index (χ3v) is 2.39. The molecule has 1 amide bonds. The van der Waals surface area contributed by atoms with Crippen LogP contribution in [0.5, 0.6) is 11.5 Å². The topological polar surface area (TPSA) is 76.1 Å². The molecule has 1 aromatic rings. The highest BCUT2D eigenvalue weighted by molar-refractivity contribution is 5.90. The third-order valence-electron chi connectivity index (χ3n) is 2.39. The average molecular weight is 267 g/mol. The molecule has 0 aromatic heterocycles. The van der Waals surface area contributed by atoms with Gasteiger partial charge in [0.05, 0.1) is 5.56 Å². The summed E-state index contributed by atoms with van der Waals surface area (Å²) in [6.07, 6.45) is 0.410. The van der Waals surface area contributed by atoms with Crippen molar-refractivity contribution in [2.45, 2.75) is 20.1 Å². The van der Waals surface area contributed by atoms with Gasteiger partial charge in [0.2, 0.25) is 12.7 Å². The predicted octanol–water partition coefficient (Wildman–Crippen LogP) is 1.51. The van der Waals surface area contributed by atoms with E-state index < -0.39 is 5.97 Å². The summed E-state index contributed by atoms with van der Waals surface area (Å²) in [6, 6.07) is 3.15. The largest absolute Gasteiger partial charge is 0.478 e. The quantitative estimate of drug-likeness (QED) is 0.822. The lowest BCUT2D eigenvalue weighted by Gasteiger charge is -2.04. The molecular weight excluding hydrogens is 250 g/mol. The number of fused-ring (bicyclic) bond motifs is 1. The average Bonchev–Trinajstić information content (AvgIpc) is 2.71. The smallest absolute Gasteiger partial charge is 0.336 e. The van der Waals surface area contributed by atoms with Crippen LogP contribution in [0, 0.1) is 6.92 Å². The summed E-state index contributed by atoms with van der Waals surface area (Å²) in [7, 11) is 3.38. The Kier molecular flexibility index (Phi) is 4.74. The van der Waals surface area contributed by atoms with Gasteiger partial charge in [0.15, 0.2) is 11.5 Å². The Morgan fingerprint density at radius 2 is 1.95 bits per heavy atom. The number of carbonyl (C=O) groups excluding carboxylic acids is 1. The van der Waals surface area contributed by atoms with Gasteiger partial charge in [-0.2, -0.15) is 0 Å². The number of nitrogens with zero attached hydrogens (tertiary/aromatic N) is 1. The zero-order valence-corrected chi connectivity index (χ0v) is 11.3. The maximum atomic E-state index is 10.8. The van der Waals surface area contributed by atoms with E-state index in [1.54, 1.807) is 34.0 Å². The van der Waals surface area contributed by atoms with E-state index in [0.29, 0.717) is 17.1 Å². The summed E-state index contributed by atoms with van der Waals surface area (Å²) < 4.78 is 10.7. The fourth-order valence-corrected chi connectivity index (χ4v) is 1.51. The second kappa shape index (κ2) is 6.08. The minimum Gasteiger partial charge on any atom is -0.478 e. The Bertz CT molecular complexity index is 484. The molecule has 0 radical (unpaired) electrons. The molecule has 6 nitrogen and oxygen atoms in total. The molecule has 104 valence electrons. The summed E-state index contributed by atoms with van der Waals surface area (Å²) in [5.41, 5.74) is 0.862. The number of carboxylic acids is 1. The number of hydrogen-bond donors (Lipinski definition) is 1. The van der Waals surface area contributed by atoms with Gasteiger partial charge in [-0.25, -0.2) is 4.79 Å². The molecule has 0 saturated carbocycles. The maximum Gasteiger partial charge on any atom is 0.336 e. The standard InChI is InChI=1S/C10H10O4.C3H7NO/c1-5-7(10(11)12)3-4-8-9(5)14-6(2)13-8;1-4(2)3-5/h3-4,6H,1-2H3,(H,11,12);3H,1-2H3. The Morgan fingerprint density at radius 3 is 2.42 bits per heavy atom. The summed E-state index contributed by atoms with van der Waals surface area (Å²) in [5, 5.41) is 8.87. The Balaban J connectivity index is 0.000000312. The number of benzene rings is 1. The van der Waals surface area contributed by atoms with E-state index in [9.17, 15) is 9.59 Å². The molecule has 1 N–H and O–H groups in total. The van der Waals surface area contributed by atoms with E-state index in [0.717, 1.165) is 6.41 Å². The van der Waals surface area contributed by atoms with Crippen LogP contribution in [0.3, 0.4) is 0 Å². The Morgan fingerprint density at radius 1 is 1.37 bits per heavy atom. The summed E-state index contributed by atoms with van der Waals surface area (Å²) in [4.78, 5) is 21.7. The lowest BCUT2D eigenvalue weighted by atomic mass is 10.1. The van der Waals surface area contributed by atoms with Crippen LogP contribution in [0.1, 0.15) is 22.8 Å². The van der Waals surface area contributed by atoms with Gasteiger partial charge in [0.25, 0.3) is 0 Å². The van der Waals surface area contributed by atoms with E-state index >= 15 is 0 Å². The molecule has 0 saturated heterocycles. The molecule has 1 atom stereocenters. The molecule has 19 heavy (non-hydrogen) atoms. The number of amides is 1. The molecule has 1 aromatic carbocycles. The first-order chi connectivity index (χ1) is 8.86. The van der Waals surface area contributed by atoms with E-state index in [2.05, 4.69) is 0 Å². The highest BCUT2D eigenvalue weighted by atomic mass is 16.7. The number of rotatable bonds is 2. The van der Waals surface area contributed by atoms with Gasteiger partial charge in [-0.15, -0.1) is 0 Å². The van der Waals surface area contributed by atoms with E-state index in [-0.39, 0.29) is 11.9 Å². The van der Waals surface area contributed by atoms with Crippen LogP contribution in [-0.4, -0.2) is 42.8 Å². The number of aromatic carboxylic acids is 1. The van der Waals surface area contributed by atoms with E-state index in [1.807, 2.05) is 0 Å². The van der Waals surface area contributed by atoms with Gasteiger partial charge in [0.1, 0.15) is 0 Å². The number of hydrogen-bond acceptors (Lipinski definition) is 4. The van der Waals surface area contributed by atoms with Crippen molar-refractivity contribution in [3.05, 3.63) is 23.3 Å². The minimum absolute atomic E-state index is 0.251. The highest BCUT2D eigenvalue weighted by Crippen LogP contribution is 2.38. The number of carboxylic acid groups (broad SMARTS) is 1. The number of ether oxygens (including phenoxy) is 2. The van der Waals surface area contributed by atoms with Crippen molar-refractivity contribution in [2.75, 3.05) is 14.1 Å². The second-order valence-electron chi connectivity index (χ2n) is 4.24. The van der Waals surface area contributed by atoms with Crippen LogP contribution >= 0.6 is 0 Å². The molecule has 1 unspecified atom stereocenters. The first kappa shape index (κ1) is 14.8. The van der Waals surface area contributed by atoms with Gasteiger partial charge in [-0.1, -0.05) is 0 Å². The van der Waals surface area contributed by atoms with Crippen molar-refractivity contribution >= 4 is 12.4 Å². The van der Waals surface area contributed by atoms with Crippen LogP contribution in [0.15, 0.2) is 12.1 Å². The predicted molar refractivity (Wildman–Crippen MR) is 68.6 cm³/mol. The molecular formula is C13H17NO5. The van der Waals surface area contributed by atoms with Gasteiger partial charge in [0, 0.05) is 26.6 Å². The van der Waals surface area contributed by atoms with Crippen molar-refractivity contribution in [1.82, 2.24) is 4.90 Å². The third kappa shape index (κ3) is 3.61. The lowest BCUT2D eigenvalue weighted by molar-refractivity contribution is -0.115. The number of carbonyl (C=O) groups is 2. The summed E-state index contributed by atoms with van der Waals surface area (Å²) in [6.45, 7) is 3.48. The first-order valence-electron chi connectivity index (χ1n) is 5.68. The molecule has 0 bridgehead atoms. The summed E-state index contributed by atoms with van der Waals surface area (Å²) in [5.74, 6) is 0.200. The SMILES string of the molecule is CN(C)C=O.Cc1c(C(=O)O)ccc2c1OC(C)O2. The van der Waals surface area contributed by atoms with Crippen LogP contribution in [0.25, 0.3) is 0 Å². The molecule has 0 spiro atoms. The van der Waals surface area contributed by atoms with E-state index in [4.69, 9.17) is 14.6 Å². The van der Waals surface area contributed by atoms with E-state index in [1.165, 1.54) is 11.0 Å². The van der Waals surface area contributed by atoms with Crippen LogP contribution in [0.4, 0.5) is 0 Å². The Labute approximate surface area is 111 Å². The van der Waals surface area contributed by atoms with Gasteiger partial charge in [-0.3, -0.25) is 4.79 Å². The zero-order chi connectivity index (χ0) is 14.6. The van der Waals surface area contributed by atoms with Crippen molar-refractivity contribution < 1.29 is 24.2 Å². The molecule has 6 heteroatoms. The maximum absolute atomic E-state index is 10.8. The molecule has 0 aliphatic carbocycles. The van der Waals surface area contributed by atoms with Crippen LogP contribution in [0.2, 0.25) is 0 Å². The molecule has 1 aliphatic rings. The minimum atomic E-state index is -0.951. The monoisotopic (exact) mass is 267 g/mol. The zero-order valence-electron chi connectivity index (χ0n) is 11.3. The molecule has 2 rings (SSSR count). The molecule has 0 fully saturated rings. The molecule has 1 aliphatic heterocycles. The normalized spacial score (nSPS) is 15.3.